The summed E-state index contributed by atoms with van der Waals surface area (Å²) in [6, 6.07) is 0.308. The number of rotatable bonds is 2. The molecule has 13 heavy (non-hydrogen) atoms. The molecule has 1 amide bonds. The lowest BCUT2D eigenvalue weighted by atomic mass is 10.1. The Labute approximate surface area is 82.7 Å². The van der Waals surface area contributed by atoms with Crippen LogP contribution in [0.3, 0.4) is 0 Å². The number of carbonyl (C=O) groups is 1. The third-order valence-electron chi connectivity index (χ3n) is 2.35. The predicted octanol–water partition coefficient (Wildman–Crippen LogP) is 2.43. The van der Waals surface area contributed by atoms with Crippen LogP contribution in [0.4, 0.5) is 4.79 Å². The zero-order chi connectivity index (χ0) is 9.26. The maximum absolute atomic E-state index is 11.6. The van der Waals surface area contributed by atoms with Crippen molar-refractivity contribution in [1.82, 2.24) is 4.90 Å². The van der Waals surface area contributed by atoms with Crippen molar-refractivity contribution in [1.29, 1.82) is 0 Å². The van der Waals surface area contributed by atoms with E-state index in [1.54, 1.807) is 0 Å². The smallest absolute Gasteiger partial charge is 0.282 e. The summed E-state index contributed by atoms with van der Waals surface area (Å²) >= 11 is 1.45. The summed E-state index contributed by atoms with van der Waals surface area (Å²) in [5, 5.41) is 0.581. The molecule has 2 nitrogen and oxygen atoms in total. The Morgan fingerprint density at radius 2 is 2.23 bits per heavy atom. The first kappa shape index (κ1) is 8.88. The van der Waals surface area contributed by atoms with E-state index in [1.165, 1.54) is 11.8 Å². The lowest BCUT2D eigenvalue weighted by Crippen LogP contribution is -2.35. The number of hydrogen-bond donors (Lipinski definition) is 0. The minimum atomic E-state index is 0.230. The monoisotopic (exact) mass is 195 g/mol. The summed E-state index contributed by atoms with van der Waals surface area (Å²) in [6.07, 6.45) is 9.33. The van der Waals surface area contributed by atoms with Gasteiger partial charge in [0.05, 0.1) is 11.3 Å². The Hall–Kier alpha value is -0.700. The molecular weight excluding hydrogens is 182 g/mol. The Morgan fingerprint density at radius 3 is 3.00 bits per heavy atom. The summed E-state index contributed by atoms with van der Waals surface area (Å²) < 4.78 is 0. The number of amides is 1. The van der Waals surface area contributed by atoms with Gasteiger partial charge in [-0.3, -0.25) is 4.79 Å². The number of allylic oxidation sites excluding steroid dienone is 2. The van der Waals surface area contributed by atoms with Gasteiger partial charge in [-0.2, -0.15) is 0 Å². The molecule has 3 heteroatoms. The second kappa shape index (κ2) is 3.58. The number of carbonyl (C=O) groups excluding carboxylic acids is 1. The number of fused-ring (bicyclic) bond motifs is 1. The Morgan fingerprint density at radius 1 is 1.46 bits per heavy atom. The average Bonchev–Trinajstić information content (AvgIpc) is 2.44. The average molecular weight is 195 g/mol. The molecule has 0 aromatic rings. The van der Waals surface area contributed by atoms with Gasteiger partial charge in [-0.05, 0) is 6.42 Å². The van der Waals surface area contributed by atoms with Crippen molar-refractivity contribution >= 4 is 17.0 Å². The second-order valence-corrected chi connectivity index (χ2v) is 4.43. The van der Waals surface area contributed by atoms with Crippen molar-refractivity contribution in [3.05, 3.63) is 24.3 Å². The van der Waals surface area contributed by atoms with Crippen LogP contribution >= 0.6 is 11.8 Å². The normalized spacial score (nSPS) is 31.2. The molecule has 2 unspecified atom stereocenters. The third-order valence-corrected chi connectivity index (χ3v) is 3.50. The SMILES string of the molecule is CCCN1C(=O)SC2C=CC=CC21. The molecule has 2 atom stereocenters. The zero-order valence-electron chi connectivity index (χ0n) is 7.64. The van der Waals surface area contributed by atoms with Crippen LogP contribution in [-0.4, -0.2) is 28.0 Å². The molecular formula is C10H13NOS. The minimum Gasteiger partial charge on any atom is -0.326 e. The van der Waals surface area contributed by atoms with Crippen LogP contribution in [0.15, 0.2) is 24.3 Å². The molecule has 2 aliphatic rings. The van der Waals surface area contributed by atoms with Gasteiger partial charge in [0.1, 0.15) is 0 Å². The molecule has 0 aromatic carbocycles. The van der Waals surface area contributed by atoms with Crippen LogP contribution in [0.2, 0.25) is 0 Å². The largest absolute Gasteiger partial charge is 0.326 e. The van der Waals surface area contributed by atoms with Gasteiger partial charge in [0.2, 0.25) is 0 Å². The highest BCUT2D eigenvalue weighted by molar-refractivity contribution is 8.14. The van der Waals surface area contributed by atoms with E-state index >= 15 is 0 Å². The highest BCUT2D eigenvalue weighted by atomic mass is 32.2. The summed E-state index contributed by atoms with van der Waals surface area (Å²) in [5.74, 6) is 0. The van der Waals surface area contributed by atoms with E-state index in [1.807, 2.05) is 17.1 Å². The molecule has 1 aliphatic heterocycles. The van der Waals surface area contributed by atoms with Gasteiger partial charge in [0.15, 0.2) is 0 Å². The van der Waals surface area contributed by atoms with Gasteiger partial charge in [-0.15, -0.1) is 0 Å². The first-order valence-corrected chi connectivity index (χ1v) is 5.53. The van der Waals surface area contributed by atoms with E-state index in [0.717, 1.165) is 13.0 Å². The van der Waals surface area contributed by atoms with E-state index < -0.39 is 0 Å². The first-order valence-electron chi connectivity index (χ1n) is 4.65. The quantitative estimate of drug-likeness (QED) is 0.674. The molecule has 0 spiro atoms. The van der Waals surface area contributed by atoms with E-state index in [2.05, 4.69) is 19.1 Å². The topological polar surface area (TPSA) is 20.3 Å². The molecule has 2 rings (SSSR count). The Balaban J connectivity index is 2.15. The number of thioether (sulfide) groups is 1. The number of hydrogen-bond acceptors (Lipinski definition) is 2. The van der Waals surface area contributed by atoms with Gasteiger partial charge in [-0.25, -0.2) is 0 Å². The van der Waals surface area contributed by atoms with Gasteiger partial charge in [-0.1, -0.05) is 43.0 Å². The Bertz CT molecular complexity index is 272. The van der Waals surface area contributed by atoms with Crippen molar-refractivity contribution < 1.29 is 4.79 Å². The fourth-order valence-electron chi connectivity index (χ4n) is 1.75. The van der Waals surface area contributed by atoms with E-state index in [-0.39, 0.29) is 5.24 Å². The summed E-state index contributed by atoms with van der Waals surface area (Å²) in [5.41, 5.74) is 0. The van der Waals surface area contributed by atoms with Crippen molar-refractivity contribution in [2.45, 2.75) is 24.6 Å². The molecule has 1 aliphatic carbocycles. The van der Waals surface area contributed by atoms with Crippen LogP contribution in [-0.2, 0) is 0 Å². The number of nitrogens with zero attached hydrogens (tertiary/aromatic N) is 1. The molecule has 0 N–H and O–H groups in total. The fraction of sp³-hybridized carbons (Fsp3) is 0.500. The first-order chi connectivity index (χ1) is 6.33. The van der Waals surface area contributed by atoms with Crippen LogP contribution < -0.4 is 0 Å². The van der Waals surface area contributed by atoms with Gasteiger partial charge in [0, 0.05) is 6.54 Å². The van der Waals surface area contributed by atoms with Crippen LogP contribution in [0.5, 0.6) is 0 Å². The van der Waals surface area contributed by atoms with Gasteiger partial charge in [0.25, 0.3) is 5.24 Å². The van der Waals surface area contributed by atoms with Crippen LogP contribution in [0.1, 0.15) is 13.3 Å². The molecule has 1 fully saturated rings. The molecule has 70 valence electrons. The van der Waals surface area contributed by atoms with E-state index in [4.69, 9.17) is 0 Å². The maximum atomic E-state index is 11.6. The van der Waals surface area contributed by atoms with Gasteiger partial charge < -0.3 is 4.90 Å². The predicted molar refractivity (Wildman–Crippen MR) is 55.8 cm³/mol. The molecule has 0 radical (unpaired) electrons. The fourth-order valence-corrected chi connectivity index (χ4v) is 2.88. The van der Waals surface area contributed by atoms with Gasteiger partial charge >= 0.3 is 0 Å². The van der Waals surface area contributed by atoms with Crippen LogP contribution in [0, 0.1) is 0 Å². The highest BCUT2D eigenvalue weighted by Gasteiger charge is 2.37. The minimum absolute atomic E-state index is 0.230. The maximum Gasteiger partial charge on any atom is 0.282 e. The Kier molecular flexibility index (Phi) is 2.44. The third kappa shape index (κ3) is 1.53. The summed E-state index contributed by atoms with van der Waals surface area (Å²) in [7, 11) is 0. The molecule has 0 bridgehead atoms. The standard InChI is InChI=1S/C10H13NOS/c1-2-7-11-8-5-3-4-6-9(8)13-10(11)12/h3-6,8-9H,2,7H2,1H3. The van der Waals surface area contributed by atoms with Crippen molar-refractivity contribution in [3.63, 3.8) is 0 Å². The molecule has 1 saturated heterocycles. The summed E-state index contributed by atoms with van der Waals surface area (Å²) in [6.45, 7) is 2.98. The van der Waals surface area contributed by atoms with E-state index in [9.17, 15) is 4.79 Å². The molecule has 0 saturated carbocycles. The lowest BCUT2D eigenvalue weighted by Gasteiger charge is -2.23. The second-order valence-electron chi connectivity index (χ2n) is 3.30. The molecule has 0 aromatic heterocycles. The van der Waals surface area contributed by atoms with Crippen molar-refractivity contribution in [2.75, 3.05) is 6.54 Å². The van der Waals surface area contributed by atoms with Crippen molar-refractivity contribution in [3.8, 4) is 0 Å². The van der Waals surface area contributed by atoms with Crippen LogP contribution in [0.25, 0.3) is 0 Å². The lowest BCUT2D eigenvalue weighted by molar-refractivity contribution is 0.218. The summed E-state index contributed by atoms with van der Waals surface area (Å²) in [4.78, 5) is 13.5. The molecule has 1 heterocycles. The highest BCUT2D eigenvalue weighted by Crippen LogP contribution is 2.34. The van der Waals surface area contributed by atoms with Crippen molar-refractivity contribution in [2.24, 2.45) is 0 Å². The zero-order valence-corrected chi connectivity index (χ0v) is 8.46. The van der Waals surface area contributed by atoms with E-state index in [0.29, 0.717) is 11.3 Å².